The number of nitrogens with zero attached hydrogens (tertiary/aromatic N) is 1. The van der Waals surface area contributed by atoms with Gasteiger partial charge in [-0.1, -0.05) is 50.6 Å². The van der Waals surface area contributed by atoms with Crippen molar-refractivity contribution in [3.8, 4) is 0 Å². The molecule has 0 saturated carbocycles. The van der Waals surface area contributed by atoms with Crippen LogP contribution in [0.5, 0.6) is 0 Å². The third-order valence-corrected chi connectivity index (χ3v) is 3.52. The maximum atomic E-state index is 2.40. The molecule has 0 amide bonds. The minimum atomic E-state index is 0.834. The van der Waals surface area contributed by atoms with E-state index in [1.54, 1.807) is 0 Å². The average Bonchev–Trinajstić information content (AvgIpc) is 2.99. The van der Waals surface area contributed by atoms with Crippen LogP contribution in [-0.4, -0.2) is 18.5 Å². The Balaban J connectivity index is 1.91. The molecule has 0 aliphatic heterocycles. The van der Waals surface area contributed by atoms with Crippen molar-refractivity contribution in [1.29, 1.82) is 0 Å². The molecule has 2 aliphatic rings. The topological polar surface area (TPSA) is 3.24 Å². The summed E-state index contributed by atoms with van der Waals surface area (Å²) in [4.78, 5) is 2.40. The first-order valence-corrected chi connectivity index (χ1v) is 6.25. The Morgan fingerprint density at radius 3 is 2.81 bits per heavy atom. The number of fused-ring (bicyclic) bond motifs is 1. The van der Waals surface area contributed by atoms with Crippen molar-refractivity contribution in [2.75, 3.05) is 13.6 Å². The second-order valence-corrected chi connectivity index (χ2v) is 4.81. The van der Waals surface area contributed by atoms with Crippen LogP contribution in [0.1, 0.15) is 26.7 Å². The van der Waals surface area contributed by atoms with Crippen molar-refractivity contribution < 1.29 is 0 Å². The first-order chi connectivity index (χ1) is 7.74. The van der Waals surface area contributed by atoms with Gasteiger partial charge in [0.1, 0.15) is 0 Å². The molecule has 1 unspecified atom stereocenters. The smallest absolute Gasteiger partial charge is 0.0524 e. The molecule has 2 rings (SSSR count). The fourth-order valence-electron chi connectivity index (χ4n) is 2.05. The molecule has 0 fully saturated rings. The molecular formula is C15H21N. The zero-order valence-electron chi connectivity index (χ0n) is 10.5. The highest BCUT2D eigenvalue weighted by molar-refractivity contribution is 5.72. The molecule has 2 aliphatic carbocycles. The van der Waals surface area contributed by atoms with Crippen LogP contribution in [0.2, 0.25) is 0 Å². The summed E-state index contributed by atoms with van der Waals surface area (Å²) in [7, 11) is 2.21. The number of likely N-dealkylation sites (N-methyl/N-ethyl adjacent to an activating group) is 1. The third kappa shape index (κ3) is 2.29. The van der Waals surface area contributed by atoms with E-state index in [9.17, 15) is 0 Å². The molecule has 0 heterocycles. The predicted octanol–water partition coefficient (Wildman–Crippen LogP) is 3.67. The zero-order chi connectivity index (χ0) is 11.5. The van der Waals surface area contributed by atoms with E-state index in [2.05, 4.69) is 56.2 Å². The van der Waals surface area contributed by atoms with E-state index in [4.69, 9.17) is 0 Å². The fraction of sp³-hybridized carbons (Fsp3) is 0.467. The Morgan fingerprint density at radius 1 is 1.25 bits per heavy atom. The molecule has 1 heteroatoms. The number of allylic oxidation sites excluding steroid dienone is 7. The summed E-state index contributed by atoms with van der Waals surface area (Å²) in [6.45, 7) is 5.77. The van der Waals surface area contributed by atoms with Crippen molar-refractivity contribution in [2.45, 2.75) is 26.7 Å². The molecule has 0 aromatic heterocycles. The third-order valence-electron chi connectivity index (χ3n) is 3.52. The van der Waals surface area contributed by atoms with Crippen molar-refractivity contribution >= 4 is 0 Å². The Hall–Kier alpha value is -1.24. The summed E-state index contributed by atoms with van der Waals surface area (Å²) in [5, 5.41) is 0. The van der Waals surface area contributed by atoms with Crippen LogP contribution < -0.4 is 0 Å². The van der Waals surface area contributed by atoms with Gasteiger partial charge in [-0.25, -0.2) is 0 Å². The van der Waals surface area contributed by atoms with Gasteiger partial charge in [0.05, 0.1) is 5.70 Å². The quantitative estimate of drug-likeness (QED) is 0.676. The van der Waals surface area contributed by atoms with Gasteiger partial charge in [-0.05, 0) is 12.3 Å². The molecule has 0 radical (unpaired) electrons. The van der Waals surface area contributed by atoms with Crippen LogP contribution in [-0.2, 0) is 0 Å². The molecule has 0 saturated heterocycles. The van der Waals surface area contributed by atoms with E-state index in [1.807, 2.05) is 0 Å². The van der Waals surface area contributed by atoms with Gasteiger partial charge >= 0.3 is 0 Å². The maximum absolute atomic E-state index is 2.40. The van der Waals surface area contributed by atoms with Crippen LogP contribution in [0.4, 0.5) is 0 Å². The first-order valence-electron chi connectivity index (χ1n) is 6.25. The summed E-state index contributed by atoms with van der Waals surface area (Å²) in [6, 6.07) is 0. The summed E-state index contributed by atoms with van der Waals surface area (Å²) in [6.07, 6.45) is 13.3. The molecule has 1 nitrogen and oxygen atoms in total. The minimum absolute atomic E-state index is 0.834. The van der Waals surface area contributed by atoms with Crippen molar-refractivity contribution in [1.82, 2.24) is 4.90 Å². The van der Waals surface area contributed by atoms with Crippen LogP contribution in [0.3, 0.4) is 0 Å². The van der Waals surface area contributed by atoms with Gasteiger partial charge < -0.3 is 4.90 Å². The second kappa shape index (κ2) is 4.73. The largest absolute Gasteiger partial charge is 0.374 e. The number of hydrogen-bond donors (Lipinski definition) is 0. The van der Waals surface area contributed by atoms with E-state index in [-0.39, 0.29) is 0 Å². The SMILES string of the molecule is CCC(C)CCN(C)C1=C2C=CC=CC=C21. The lowest BCUT2D eigenvalue weighted by atomic mass is 10.1. The molecular weight excluding hydrogens is 194 g/mol. The van der Waals surface area contributed by atoms with E-state index >= 15 is 0 Å². The molecule has 0 aromatic carbocycles. The number of rotatable bonds is 5. The molecule has 0 aromatic rings. The predicted molar refractivity (Wildman–Crippen MR) is 70.1 cm³/mol. The average molecular weight is 215 g/mol. The van der Waals surface area contributed by atoms with Gasteiger partial charge in [-0.3, -0.25) is 0 Å². The van der Waals surface area contributed by atoms with Crippen molar-refractivity contribution in [3.63, 3.8) is 0 Å². The highest BCUT2D eigenvalue weighted by atomic mass is 15.1. The second-order valence-electron chi connectivity index (χ2n) is 4.81. The van der Waals surface area contributed by atoms with Crippen LogP contribution in [0.25, 0.3) is 0 Å². The molecule has 86 valence electrons. The van der Waals surface area contributed by atoms with E-state index in [0.717, 1.165) is 5.92 Å². The highest BCUT2D eigenvalue weighted by Crippen LogP contribution is 2.42. The Bertz CT molecular complexity index is 382. The summed E-state index contributed by atoms with van der Waals surface area (Å²) >= 11 is 0. The Labute approximate surface area is 98.8 Å². The minimum Gasteiger partial charge on any atom is -0.374 e. The van der Waals surface area contributed by atoms with E-state index in [0.29, 0.717) is 0 Å². The van der Waals surface area contributed by atoms with Gasteiger partial charge in [0.15, 0.2) is 0 Å². The summed E-state index contributed by atoms with van der Waals surface area (Å²) in [5.74, 6) is 0.834. The lowest BCUT2D eigenvalue weighted by Gasteiger charge is -2.17. The van der Waals surface area contributed by atoms with Gasteiger partial charge in [0.2, 0.25) is 0 Å². The van der Waals surface area contributed by atoms with Crippen LogP contribution in [0, 0.1) is 5.92 Å². The maximum Gasteiger partial charge on any atom is 0.0524 e. The van der Waals surface area contributed by atoms with Crippen LogP contribution in [0.15, 0.2) is 47.2 Å². The lowest BCUT2D eigenvalue weighted by molar-refractivity contribution is 0.377. The van der Waals surface area contributed by atoms with Crippen LogP contribution >= 0.6 is 0 Å². The molecule has 0 spiro atoms. The Morgan fingerprint density at radius 2 is 2.06 bits per heavy atom. The fourth-order valence-corrected chi connectivity index (χ4v) is 2.05. The van der Waals surface area contributed by atoms with Crippen molar-refractivity contribution in [3.05, 3.63) is 47.2 Å². The van der Waals surface area contributed by atoms with Gasteiger partial charge in [-0.15, -0.1) is 0 Å². The summed E-state index contributed by atoms with van der Waals surface area (Å²) in [5.41, 5.74) is 4.30. The van der Waals surface area contributed by atoms with E-state index in [1.165, 1.54) is 36.2 Å². The summed E-state index contributed by atoms with van der Waals surface area (Å²) < 4.78 is 0. The molecule has 16 heavy (non-hydrogen) atoms. The lowest BCUT2D eigenvalue weighted by Crippen LogP contribution is -2.16. The highest BCUT2D eigenvalue weighted by Gasteiger charge is 2.30. The normalized spacial score (nSPS) is 19.1. The molecule has 0 N–H and O–H groups in total. The Kier molecular flexibility index (Phi) is 3.33. The van der Waals surface area contributed by atoms with E-state index < -0.39 is 0 Å². The molecule has 1 atom stereocenters. The number of hydrogen-bond acceptors (Lipinski definition) is 1. The van der Waals surface area contributed by atoms with Crippen molar-refractivity contribution in [2.24, 2.45) is 5.92 Å². The monoisotopic (exact) mass is 215 g/mol. The standard InChI is InChI=1S/C15H21N/c1-4-12(2)10-11-16(3)15-13-8-6-5-7-9-14(13)15/h5-9,12H,4,10-11H2,1-3H3. The van der Waals surface area contributed by atoms with Gasteiger partial charge in [0, 0.05) is 24.7 Å². The van der Waals surface area contributed by atoms with Gasteiger partial charge in [-0.2, -0.15) is 0 Å². The van der Waals surface area contributed by atoms with Gasteiger partial charge in [0.25, 0.3) is 0 Å². The molecule has 0 bridgehead atoms. The zero-order valence-corrected chi connectivity index (χ0v) is 10.5. The first kappa shape index (κ1) is 11.3.